The first-order chi connectivity index (χ1) is 31.1. The van der Waals surface area contributed by atoms with Gasteiger partial charge in [-0.3, -0.25) is 19.2 Å². The lowest BCUT2D eigenvalue weighted by molar-refractivity contribution is -0.143. The molecule has 4 amide bonds. The van der Waals surface area contributed by atoms with Gasteiger partial charge in [0, 0.05) is 49.1 Å². The number of fused-ring (bicyclic) bond motifs is 3. The van der Waals surface area contributed by atoms with Crippen molar-refractivity contribution in [2.75, 3.05) is 40.7 Å². The van der Waals surface area contributed by atoms with Crippen molar-refractivity contribution < 1.29 is 42.9 Å². The molecule has 17 heteroatoms. The lowest BCUT2D eigenvalue weighted by atomic mass is 9.73. The maximum Gasteiger partial charge on any atom is 0.255 e. The van der Waals surface area contributed by atoms with Crippen LogP contribution >= 0.6 is 0 Å². The van der Waals surface area contributed by atoms with E-state index in [2.05, 4.69) is 25.6 Å². The van der Waals surface area contributed by atoms with E-state index in [0.717, 1.165) is 49.8 Å². The molecule has 3 N–H and O–H groups in total. The van der Waals surface area contributed by atoms with Crippen molar-refractivity contribution >= 4 is 40.4 Å². The second kappa shape index (κ2) is 18.4. The van der Waals surface area contributed by atoms with Crippen LogP contribution < -0.4 is 34.3 Å². The van der Waals surface area contributed by atoms with Gasteiger partial charge in [-0.25, -0.2) is 15.0 Å². The van der Waals surface area contributed by atoms with Crippen molar-refractivity contribution in [2.45, 2.75) is 96.2 Å². The molecule has 338 valence electrons. The van der Waals surface area contributed by atoms with E-state index in [0.29, 0.717) is 89.5 Å². The highest BCUT2D eigenvalue weighted by molar-refractivity contribution is 6.09. The number of piperidine rings is 1. The number of amides is 4. The van der Waals surface area contributed by atoms with Gasteiger partial charge < -0.3 is 44.2 Å². The summed E-state index contributed by atoms with van der Waals surface area (Å²) in [5.74, 6) is 2.17. The molecule has 9 rings (SSSR count). The zero-order chi connectivity index (χ0) is 44.5. The van der Waals surface area contributed by atoms with Crippen molar-refractivity contribution in [3.05, 3.63) is 54.0 Å². The molecular weight excluding hydrogens is 821 g/mol. The van der Waals surface area contributed by atoms with Gasteiger partial charge in [0.05, 0.1) is 49.2 Å². The minimum Gasteiger partial charge on any atom is -0.493 e. The molecule has 4 aromatic rings. The van der Waals surface area contributed by atoms with E-state index in [1.807, 2.05) is 44.2 Å². The fourth-order valence-corrected chi connectivity index (χ4v) is 9.50. The molecule has 1 saturated heterocycles. The fraction of sp³-hybridized carbons (Fsp3) is 0.511. The molecule has 2 aromatic carbocycles. The first kappa shape index (κ1) is 42.9. The first-order valence-electron chi connectivity index (χ1n) is 22.5. The fourth-order valence-electron chi connectivity index (χ4n) is 9.50. The minimum absolute atomic E-state index is 0.0100. The Labute approximate surface area is 371 Å². The Morgan fingerprint density at radius 2 is 1.67 bits per heavy atom. The van der Waals surface area contributed by atoms with Gasteiger partial charge in [-0.2, -0.15) is 5.10 Å². The molecule has 0 spiro atoms. The summed E-state index contributed by atoms with van der Waals surface area (Å²) < 4.78 is 29.0. The summed E-state index contributed by atoms with van der Waals surface area (Å²) in [6, 6.07) is 8.09. The van der Waals surface area contributed by atoms with Crippen LogP contribution in [0.1, 0.15) is 94.0 Å². The van der Waals surface area contributed by atoms with Crippen LogP contribution in [0.2, 0.25) is 0 Å². The molecule has 3 aliphatic heterocycles. The molecule has 5 aliphatic rings. The van der Waals surface area contributed by atoms with Gasteiger partial charge in [0.25, 0.3) is 5.91 Å². The summed E-state index contributed by atoms with van der Waals surface area (Å²) in [4.78, 5) is 69.8. The number of ether oxygens (including phenoxy) is 5. The highest BCUT2D eigenvalue weighted by Crippen LogP contribution is 2.48. The zero-order valence-electron chi connectivity index (χ0n) is 36.8. The monoisotopic (exact) mass is 876 g/mol. The highest BCUT2D eigenvalue weighted by atomic mass is 16.7. The predicted octanol–water partition coefficient (Wildman–Crippen LogP) is 5.61. The van der Waals surface area contributed by atoms with E-state index in [-0.39, 0.29) is 66.8 Å². The molecule has 2 aromatic heterocycles. The Hall–Kier alpha value is -6.39. The van der Waals surface area contributed by atoms with Crippen molar-refractivity contribution in [1.29, 1.82) is 0 Å². The summed E-state index contributed by atoms with van der Waals surface area (Å²) in [7, 11) is 3.20. The van der Waals surface area contributed by atoms with Gasteiger partial charge in [0.1, 0.15) is 29.3 Å². The number of likely N-dealkylation sites (tertiary alicyclic amines) is 1. The van der Waals surface area contributed by atoms with Crippen molar-refractivity contribution in [3.8, 4) is 40.0 Å². The Kier molecular flexibility index (Phi) is 12.3. The Bertz CT molecular complexity index is 2460. The second-order valence-electron chi connectivity index (χ2n) is 17.7. The maximum atomic E-state index is 14.5. The summed E-state index contributed by atoms with van der Waals surface area (Å²) in [6.07, 6.45) is 9.96. The van der Waals surface area contributed by atoms with Gasteiger partial charge in [-0.1, -0.05) is 12.8 Å². The van der Waals surface area contributed by atoms with Crippen LogP contribution in [-0.2, 0) is 14.4 Å². The number of rotatable bonds is 15. The number of carbonyl (C=O) groups is 4. The molecule has 0 radical (unpaired) electrons. The number of aromatic nitrogens is 3. The number of methoxy groups -OCH3 is 2. The highest BCUT2D eigenvalue weighted by Gasteiger charge is 2.44. The van der Waals surface area contributed by atoms with Crippen LogP contribution in [0.4, 0.5) is 0 Å². The smallest absolute Gasteiger partial charge is 0.255 e. The zero-order valence-corrected chi connectivity index (χ0v) is 36.8. The van der Waals surface area contributed by atoms with Crippen LogP contribution in [0, 0.1) is 17.8 Å². The lowest BCUT2D eigenvalue weighted by Crippen LogP contribution is -2.55. The predicted molar refractivity (Wildman–Crippen MR) is 235 cm³/mol. The second-order valence-corrected chi connectivity index (χ2v) is 17.7. The number of benzene rings is 2. The molecule has 64 heavy (non-hydrogen) atoms. The third-order valence-corrected chi connectivity index (χ3v) is 13.0. The summed E-state index contributed by atoms with van der Waals surface area (Å²) in [6.45, 7) is 5.04. The van der Waals surface area contributed by atoms with Crippen molar-refractivity contribution in [3.63, 3.8) is 0 Å². The number of H-pyrrole nitrogens is 1. The van der Waals surface area contributed by atoms with Gasteiger partial charge in [-0.05, 0) is 95.0 Å². The number of nitrogens with one attached hydrogen (secondary N) is 3. The van der Waals surface area contributed by atoms with Crippen LogP contribution in [-0.4, -0.2) is 113 Å². The molecule has 3 atom stereocenters. The number of hydrazone groups is 1. The number of hydrogen-bond acceptors (Lipinski definition) is 12. The van der Waals surface area contributed by atoms with Crippen LogP contribution in [0.25, 0.3) is 22.3 Å². The molecule has 17 nitrogen and oxygen atoms in total. The van der Waals surface area contributed by atoms with Gasteiger partial charge in [-0.15, -0.1) is 0 Å². The normalized spacial score (nSPS) is 20.1. The summed E-state index contributed by atoms with van der Waals surface area (Å²) in [5.41, 5.74) is 3.88. The van der Waals surface area contributed by atoms with Crippen molar-refractivity contribution in [2.24, 2.45) is 22.9 Å². The SMILES string of the molecule is COc1ccc(C2=NN(C3CCN(C(=O)[C@@H](CCC(=O)NC(C)C)NC(=O)c4c[nH]c5c(-c6c(OCC7CC7)ccc7c6OCO7)ncnc45)CC3)C(=O)[C@@H]3CCCC[C@H]23)cc1OC. The van der Waals surface area contributed by atoms with E-state index in [4.69, 9.17) is 28.8 Å². The van der Waals surface area contributed by atoms with Crippen molar-refractivity contribution in [1.82, 2.24) is 35.5 Å². The van der Waals surface area contributed by atoms with Crippen LogP contribution in [0.15, 0.2) is 48.0 Å². The van der Waals surface area contributed by atoms with E-state index in [1.165, 1.54) is 6.33 Å². The average molecular weight is 877 g/mol. The van der Waals surface area contributed by atoms with Gasteiger partial charge in [0.15, 0.2) is 23.0 Å². The molecule has 0 bridgehead atoms. The molecule has 0 unspecified atom stereocenters. The van der Waals surface area contributed by atoms with Gasteiger partial charge in [0.2, 0.25) is 24.5 Å². The topological polar surface area (TPSA) is 199 Å². The third-order valence-electron chi connectivity index (χ3n) is 13.0. The Balaban J connectivity index is 0.940. The Morgan fingerprint density at radius 3 is 2.42 bits per heavy atom. The summed E-state index contributed by atoms with van der Waals surface area (Å²) in [5, 5.41) is 12.6. The third kappa shape index (κ3) is 8.63. The Morgan fingerprint density at radius 1 is 0.906 bits per heavy atom. The number of nitrogens with zero attached hydrogens (tertiary/aromatic N) is 5. The van der Waals surface area contributed by atoms with Gasteiger partial charge >= 0.3 is 0 Å². The van der Waals surface area contributed by atoms with Crippen LogP contribution in [0.5, 0.6) is 28.7 Å². The minimum atomic E-state index is -1.02. The summed E-state index contributed by atoms with van der Waals surface area (Å²) >= 11 is 0. The van der Waals surface area contributed by atoms with E-state index in [1.54, 1.807) is 30.3 Å². The molecule has 2 saturated carbocycles. The largest absolute Gasteiger partial charge is 0.493 e. The molecule has 5 heterocycles. The molecule has 2 aliphatic carbocycles. The van der Waals surface area contributed by atoms with E-state index < -0.39 is 11.9 Å². The first-order valence-corrected chi connectivity index (χ1v) is 22.5. The number of hydrogen-bond donors (Lipinski definition) is 3. The van der Waals surface area contributed by atoms with E-state index >= 15 is 0 Å². The van der Waals surface area contributed by atoms with E-state index in [9.17, 15) is 19.2 Å². The number of carbonyl (C=O) groups excluding carboxylic acids is 4. The lowest BCUT2D eigenvalue weighted by Gasteiger charge is -2.43. The molecular formula is C47H56N8O9. The maximum absolute atomic E-state index is 14.5. The van der Waals surface area contributed by atoms with Crippen LogP contribution in [0.3, 0.4) is 0 Å². The number of aromatic amines is 1. The average Bonchev–Trinajstić information content (AvgIpc) is 3.83. The molecule has 3 fully saturated rings. The standard InChI is InChI=1S/C47H56N8O9/c1-26(2)51-38(56)16-12-33(52-45(57)32-22-48-43-41(32)49-24-50-42(43)39-35(62-23-27-9-10-27)14-15-36-44(39)64-25-63-36)47(59)54-19-17-29(18-20-54)55-46(58)31-8-6-5-7-30(31)40(53-55)28-11-13-34(60-3)37(21-28)61-4/h11,13-15,21-22,24,26-27,29-31,33,48H,5-10,12,16-20,23,25H2,1-4H3,(H,51,56)(H,52,57)/t30-,31+,33+/m0/s1. The quantitative estimate of drug-likeness (QED) is 0.134.